The summed E-state index contributed by atoms with van der Waals surface area (Å²) in [7, 11) is -3.91. The van der Waals surface area contributed by atoms with Gasteiger partial charge in [-0.25, -0.2) is 13.8 Å². The lowest BCUT2D eigenvalue weighted by molar-refractivity contribution is -0.121. The predicted octanol–water partition coefficient (Wildman–Crippen LogP) is 6.09. The molecule has 0 spiro atoms. The Kier molecular flexibility index (Phi) is 9.48. The Hall–Kier alpha value is -3.43. The number of nitrogens with one attached hydrogen (secondary N) is 1. The van der Waals surface area contributed by atoms with E-state index < -0.39 is 15.9 Å². The number of carbonyl (C=O) groups is 1. The summed E-state index contributed by atoms with van der Waals surface area (Å²) < 4.78 is 30.1. The fourth-order valence-electron chi connectivity index (χ4n) is 4.36. The smallest absolute Gasteiger partial charge is 0.255 e. The van der Waals surface area contributed by atoms with Crippen LogP contribution in [0.1, 0.15) is 28.1 Å². The molecule has 4 rings (SSSR count). The Morgan fingerprint density at radius 1 is 0.975 bits per heavy atom. The van der Waals surface area contributed by atoms with Crippen molar-refractivity contribution in [3.63, 3.8) is 0 Å². The van der Waals surface area contributed by atoms with Gasteiger partial charge in [0.05, 0.1) is 28.4 Å². The van der Waals surface area contributed by atoms with Gasteiger partial charge in [0.15, 0.2) is 0 Å². The van der Waals surface area contributed by atoms with Gasteiger partial charge in [-0.2, -0.15) is 9.41 Å². The highest BCUT2D eigenvalue weighted by atomic mass is 35.5. The highest BCUT2D eigenvalue weighted by Gasteiger charge is 2.26. The van der Waals surface area contributed by atoms with Crippen LogP contribution in [-0.4, -0.2) is 42.5 Å². The normalized spacial score (nSPS) is 11.8. The number of aryl methyl sites for hydroxylation is 2. The fraction of sp³-hybridized carbons (Fsp3) is 0.200. The maximum atomic E-state index is 13.4. The summed E-state index contributed by atoms with van der Waals surface area (Å²) in [5, 5.41) is 5.17. The van der Waals surface area contributed by atoms with Crippen LogP contribution in [0.3, 0.4) is 0 Å². The maximum absolute atomic E-state index is 13.4. The Morgan fingerprint density at radius 3 is 2.35 bits per heavy atom. The van der Waals surface area contributed by atoms with E-state index in [1.54, 1.807) is 36.4 Å². The molecule has 0 radical (unpaired) electrons. The van der Waals surface area contributed by atoms with E-state index in [0.717, 1.165) is 33.8 Å². The van der Waals surface area contributed by atoms with E-state index in [1.165, 1.54) is 10.5 Å². The quantitative estimate of drug-likeness (QED) is 0.177. The third kappa shape index (κ3) is 7.01. The zero-order valence-electron chi connectivity index (χ0n) is 22.4. The van der Waals surface area contributed by atoms with Crippen LogP contribution in [0.2, 0.25) is 10.0 Å². The number of nitrogens with zero attached hydrogens (tertiary/aromatic N) is 3. The number of sulfonamides is 1. The Balaban J connectivity index is 1.50. The Labute approximate surface area is 245 Å². The number of carbonyl (C=O) groups excluding carboxylic acids is 1. The Morgan fingerprint density at radius 2 is 1.68 bits per heavy atom. The zero-order chi connectivity index (χ0) is 28.9. The molecule has 0 aliphatic rings. The zero-order valence-corrected chi connectivity index (χ0v) is 24.8. The van der Waals surface area contributed by atoms with Crippen molar-refractivity contribution in [3.05, 3.63) is 117 Å². The minimum Gasteiger partial charge on any atom is -0.316 e. The number of amides is 1. The van der Waals surface area contributed by atoms with Gasteiger partial charge in [0.1, 0.15) is 0 Å². The minimum absolute atomic E-state index is 0.135. The molecular weight excluding hydrogens is 567 g/mol. The molecule has 0 aliphatic heterocycles. The molecular formula is C30H30Cl2N4O3S. The van der Waals surface area contributed by atoms with Crippen LogP contribution in [0.5, 0.6) is 0 Å². The van der Waals surface area contributed by atoms with E-state index in [0.29, 0.717) is 16.5 Å². The van der Waals surface area contributed by atoms with Crippen LogP contribution in [-0.2, 0) is 21.2 Å². The van der Waals surface area contributed by atoms with Crippen LogP contribution in [0.15, 0.2) is 88.9 Å². The van der Waals surface area contributed by atoms with Gasteiger partial charge in [-0.1, -0.05) is 71.2 Å². The monoisotopic (exact) mass is 596 g/mol. The molecule has 208 valence electrons. The summed E-state index contributed by atoms with van der Waals surface area (Å²) in [6.07, 6.45) is 1.99. The van der Waals surface area contributed by atoms with E-state index in [-0.39, 0.29) is 18.0 Å². The number of halogens is 2. The first kappa shape index (κ1) is 29.6. The van der Waals surface area contributed by atoms with Gasteiger partial charge in [-0.05, 0) is 69.2 Å². The predicted molar refractivity (Wildman–Crippen MR) is 161 cm³/mol. The van der Waals surface area contributed by atoms with Crippen molar-refractivity contribution in [2.45, 2.75) is 32.1 Å². The van der Waals surface area contributed by atoms with Crippen LogP contribution >= 0.6 is 23.2 Å². The number of benzene rings is 3. The van der Waals surface area contributed by atoms with Crippen molar-refractivity contribution < 1.29 is 13.2 Å². The largest absolute Gasteiger partial charge is 0.316 e. The van der Waals surface area contributed by atoms with Crippen molar-refractivity contribution in [1.82, 2.24) is 14.3 Å². The highest BCUT2D eigenvalue weighted by Crippen LogP contribution is 2.28. The second-order valence-electron chi connectivity index (χ2n) is 9.44. The number of hydrogen-bond acceptors (Lipinski definition) is 4. The lowest BCUT2D eigenvalue weighted by Gasteiger charge is -2.21. The molecule has 1 N–H and O–H groups in total. The molecule has 1 heterocycles. The Bertz CT molecular complexity index is 1630. The fourth-order valence-corrected chi connectivity index (χ4v) is 6.25. The number of hydrogen-bond donors (Lipinski definition) is 1. The molecule has 0 atom stereocenters. The average Bonchev–Trinajstić information content (AvgIpc) is 3.20. The van der Waals surface area contributed by atoms with Crippen molar-refractivity contribution >= 4 is 45.3 Å². The summed E-state index contributed by atoms with van der Waals surface area (Å²) in [6, 6.07) is 23.3. The second-order valence-corrected chi connectivity index (χ2v) is 12.2. The van der Waals surface area contributed by atoms with Gasteiger partial charge in [-0.15, -0.1) is 0 Å². The molecule has 3 aromatic carbocycles. The second kappa shape index (κ2) is 12.8. The van der Waals surface area contributed by atoms with Crippen LogP contribution in [0.4, 0.5) is 0 Å². The van der Waals surface area contributed by atoms with Gasteiger partial charge in [0, 0.05) is 28.5 Å². The lowest BCUT2D eigenvalue weighted by Crippen LogP contribution is -2.40. The van der Waals surface area contributed by atoms with E-state index in [1.807, 2.05) is 67.8 Å². The van der Waals surface area contributed by atoms with E-state index in [4.69, 9.17) is 23.2 Å². The van der Waals surface area contributed by atoms with Crippen molar-refractivity contribution in [3.8, 4) is 5.69 Å². The third-order valence-electron chi connectivity index (χ3n) is 6.49. The first-order valence-electron chi connectivity index (χ1n) is 12.6. The van der Waals surface area contributed by atoms with Crippen LogP contribution < -0.4 is 5.43 Å². The van der Waals surface area contributed by atoms with E-state index >= 15 is 0 Å². The number of rotatable bonds is 10. The molecule has 4 aromatic rings. The lowest BCUT2D eigenvalue weighted by atomic mass is 10.1. The van der Waals surface area contributed by atoms with Gasteiger partial charge in [-0.3, -0.25) is 4.79 Å². The molecule has 10 heteroatoms. The minimum atomic E-state index is -3.91. The first-order chi connectivity index (χ1) is 19.1. The summed E-state index contributed by atoms with van der Waals surface area (Å²) in [5.74, 6) is -0.547. The molecule has 0 unspecified atom stereocenters. The molecule has 0 fully saturated rings. The first-order valence-corrected chi connectivity index (χ1v) is 14.8. The summed E-state index contributed by atoms with van der Waals surface area (Å²) in [5.41, 5.74) is 7.74. The summed E-state index contributed by atoms with van der Waals surface area (Å²) >= 11 is 12.5. The molecule has 40 heavy (non-hydrogen) atoms. The average molecular weight is 598 g/mol. The molecule has 7 nitrogen and oxygen atoms in total. The van der Waals surface area contributed by atoms with Crippen molar-refractivity contribution in [1.29, 1.82) is 0 Å². The van der Waals surface area contributed by atoms with E-state index in [9.17, 15) is 13.2 Å². The van der Waals surface area contributed by atoms with E-state index in [2.05, 4.69) is 10.5 Å². The van der Waals surface area contributed by atoms with Gasteiger partial charge in [0.25, 0.3) is 5.91 Å². The SMILES string of the molecule is Cc1ccc(S(=O)(=O)N(CCc2ccccc2)CC(=O)N/N=C/c2cc(C)n(-c3ccc(Cl)cc3Cl)c2C)cc1. The number of aromatic nitrogens is 1. The third-order valence-corrected chi connectivity index (χ3v) is 8.88. The molecule has 1 amide bonds. The standard InChI is InChI=1S/C30H30Cl2N4O3S/c1-21-9-12-27(13-10-21)40(38,39)35(16-15-24-7-5-4-6-8-24)20-30(37)34-33-19-25-17-22(2)36(23(25)3)29-14-11-26(31)18-28(29)32/h4-14,17-19H,15-16,20H2,1-3H3,(H,34,37)/b33-19+. The molecule has 1 aromatic heterocycles. The van der Waals surface area contributed by atoms with Gasteiger partial charge >= 0.3 is 0 Å². The molecule has 0 saturated carbocycles. The van der Waals surface area contributed by atoms with Crippen molar-refractivity contribution in [2.75, 3.05) is 13.1 Å². The van der Waals surface area contributed by atoms with Gasteiger partial charge < -0.3 is 4.57 Å². The summed E-state index contributed by atoms with van der Waals surface area (Å²) in [4.78, 5) is 13.0. The number of hydrazone groups is 1. The topological polar surface area (TPSA) is 83.8 Å². The molecule has 0 aliphatic carbocycles. The maximum Gasteiger partial charge on any atom is 0.255 e. The molecule has 0 bridgehead atoms. The van der Waals surface area contributed by atoms with Crippen LogP contribution in [0, 0.1) is 20.8 Å². The summed E-state index contributed by atoms with van der Waals surface area (Å²) in [6.45, 7) is 5.51. The van der Waals surface area contributed by atoms with Crippen LogP contribution in [0.25, 0.3) is 5.69 Å². The highest BCUT2D eigenvalue weighted by molar-refractivity contribution is 7.89. The van der Waals surface area contributed by atoms with Crippen molar-refractivity contribution in [2.24, 2.45) is 5.10 Å². The molecule has 0 saturated heterocycles. The van der Waals surface area contributed by atoms with Gasteiger partial charge in [0.2, 0.25) is 10.0 Å².